The predicted molar refractivity (Wildman–Crippen MR) is 72.3 cm³/mol. The summed E-state index contributed by atoms with van der Waals surface area (Å²) in [6.07, 6.45) is 3.20. The lowest BCUT2D eigenvalue weighted by atomic mass is 9.97. The number of rotatable bonds is 5. The van der Waals surface area contributed by atoms with Crippen molar-refractivity contribution in [3.05, 3.63) is 27.4 Å². The number of aliphatic hydroxyl groups excluding tert-OH is 1. The molecule has 7 heteroatoms. The van der Waals surface area contributed by atoms with Crippen LogP contribution in [0.5, 0.6) is 0 Å². The summed E-state index contributed by atoms with van der Waals surface area (Å²) < 4.78 is 0. The molecule has 2 unspecified atom stereocenters. The fourth-order valence-electron chi connectivity index (χ4n) is 2.54. The maximum atomic E-state index is 10.7. The van der Waals surface area contributed by atoms with Crippen molar-refractivity contribution < 1.29 is 10.0 Å². The number of halogens is 1. The number of nitro groups is 1. The Morgan fingerprint density at radius 3 is 2.89 bits per heavy atom. The minimum atomic E-state index is -0.495. The number of anilines is 1. The van der Waals surface area contributed by atoms with Crippen molar-refractivity contribution in [2.45, 2.75) is 19.3 Å². The van der Waals surface area contributed by atoms with Gasteiger partial charge in [0.25, 0.3) is 5.69 Å². The molecule has 1 aromatic rings. The fourth-order valence-corrected chi connectivity index (χ4v) is 2.74. The molecule has 0 aromatic carbocycles. The molecule has 1 saturated carbocycles. The first-order valence-electron chi connectivity index (χ1n) is 6.27. The largest absolute Gasteiger partial charge is 0.396 e. The van der Waals surface area contributed by atoms with Crippen LogP contribution in [0.25, 0.3) is 0 Å². The highest BCUT2D eigenvalue weighted by Crippen LogP contribution is 2.31. The first kappa shape index (κ1) is 14.0. The highest BCUT2D eigenvalue weighted by Gasteiger charge is 2.26. The van der Waals surface area contributed by atoms with Crippen molar-refractivity contribution in [3.8, 4) is 0 Å². The Morgan fingerprint density at radius 2 is 2.21 bits per heavy atom. The molecule has 2 atom stereocenters. The first-order valence-corrected chi connectivity index (χ1v) is 6.64. The van der Waals surface area contributed by atoms with E-state index in [2.05, 4.69) is 10.3 Å². The quantitative estimate of drug-likeness (QED) is 0.493. The number of hydrogen-bond acceptors (Lipinski definition) is 5. The number of nitrogens with zero attached hydrogens (tertiary/aromatic N) is 2. The molecule has 0 amide bonds. The lowest BCUT2D eigenvalue weighted by Crippen LogP contribution is -2.21. The van der Waals surface area contributed by atoms with Crippen LogP contribution >= 0.6 is 11.6 Å². The normalized spacial score (nSPS) is 22.4. The van der Waals surface area contributed by atoms with Crippen LogP contribution in [-0.2, 0) is 0 Å². The van der Waals surface area contributed by atoms with E-state index >= 15 is 0 Å². The summed E-state index contributed by atoms with van der Waals surface area (Å²) in [7, 11) is 0. The summed E-state index contributed by atoms with van der Waals surface area (Å²) in [4.78, 5) is 14.2. The molecule has 2 N–H and O–H groups in total. The first-order chi connectivity index (χ1) is 9.10. The molecule has 19 heavy (non-hydrogen) atoms. The fraction of sp³-hybridized carbons (Fsp3) is 0.583. The van der Waals surface area contributed by atoms with E-state index in [-0.39, 0.29) is 17.4 Å². The molecule has 1 aromatic heterocycles. The van der Waals surface area contributed by atoms with Crippen LogP contribution in [0.15, 0.2) is 12.1 Å². The van der Waals surface area contributed by atoms with Crippen LogP contribution in [0.1, 0.15) is 19.3 Å². The van der Waals surface area contributed by atoms with E-state index in [1.165, 1.54) is 12.1 Å². The van der Waals surface area contributed by atoms with Gasteiger partial charge in [0.1, 0.15) is 11.0 Å². The van der Waals surface area contributed by atoms with E-state index in [1.54, 1.807) is 0 Å². The van der Waals surface area contributed by atoms with E-state index in [1.807, 2.05) is 0 Å². The second-order valence-corrected chi connectivity index (χ2v) is 5.19. The molecule has 1 aliphatic rings. The molecule has 0 spiro atoms. The summed E-state index contributed by atoms with van der Waals surface area (Å²) in [6, 6.07) is 2.59. The smallest absolute Gasteiger partial charge is 0.276 e. The van der Waals surface area contributed by atoms with Crippen molar-refractivity contribution in [1.29, 1.82) is 0 Å². The predicted octanol–water partition coefficient (Wildman–Crippen LogP) is 2.46. The Balaban J connectivity index is 2.01. The standard InChI is InChI=1S/C12H16ClN3O3/c13-11-4-10(16(18)19)5-12(15-11)14-6-8-2-1-3-9(8)7-17/h4-5,8-9,17H,1-3,6-7H2,(H,14,15). The van der Waals surface area contributed by atoms with Gasteiger partial charge in [-0.3, -0.25) is 10.1 Å². The average Bonchev–Trinajstić information content (AvgIpc) is 2.83. The van der Waals surface area contributed by atoms with Crippen LogP contribution in [0.3, 0.4) is 0 Å². The van der Waals surface area contributed by atoms with Gasteiger partial charge in [0.15, 0.2) is 0 Å². The van der Waals surface area contributed by atoms with Crippen LogP contribution < -0.4 is 5.32 Å². The second kappa shape index (κ2) is 6.16. The summed E-state index contributed by atoms with van der Waals surface area (Å²) in [6.45, 7) is 0.838. The molecule has 2 rings (SSSR count). The minimum Gasteiger partial charge on any atom is -0.396 e. The van der Waals surface area contributed by atoms with Crippen molar-refractivity contribution in [3.63, 3.8) is 0 Å². The zero-order valence-corrected chi connectivity index (χ0v) is 11.1. The van der Waals surface area contributed by atoms with Crippen molar-refractivity contribution in [1.82, 2.24) is 4.98 Å². The summed E-state index contributed by atoms with van der Waals surface area (Å²) in [5.41, 5.74) is -0.0763. The number of pyridine rings is 1. The second-order valence-electron chi connectivity index (χ2n) is 4.80. The topological polar surface area (TPSA) is 88.3 Å². The van der Waals surface area contributed by atoms with Gasteiger partial charge in [-0.2, -0.15) is 0 Å². The number of aliphatic hydroxyl groups is 1. The molecule has 0 saturated heterocycles. The van der Waals surface area contributed by atoms with Gasteiger partial charge in [-0.1, -0.05) is 18.0 Å². The van der Waals surface area contributed by atoms with Gasteiger partial charge in [-0.25, -0.2) is 4.98 Å². The Kier molecular flexibility index (Phi) is 4.55. The molecular weight excluding hydrogens is 270 g/mol. The summed E-state index contributed by atoms with van der Waals surface area (Å²) in [5, 5.41) is 23.1. The Labute approximate surface area is 116 Å². The zero-order chi connectivity index (χ0) is 13.8. The molecule has 1 aliphatic carbocycles. The van der Waals surface area contributed by atoms with Crippen molar-refractivity contribution in [2.24, 2.45) is 11.8 Å². The molecule has 104 valence electrons. The van der Waals surface area contributed by atoms with Gasteiger partial charge in [0, 0.05) is 13.2 Å². The Hall–Kier alpha value is -1.40. The zero-order valence-electron chi connectivity index (χ0n) is 10.4. The molecule has 1 fully saturated rings. The molecule has 0 aliphatic heterocycles. The third kappa shape index (κ3) is 3.54. The van der Waals surface area contributed by atoms with E-state index in [0.717, 1.165) is 19.3 Å². The summed E-state index contributed by atoms with van der Waals surface area (Å²) in [5.74, 6) is 1.09. The SMILES string of the molecule is O=[N+]([O-])c1cc(Cl)nc(NCC2CCCC2CO)c1. The average molecular weight is 286 g/mol. The Morgan fingerprint density at radius 1 is 1.47 bits per heavy atom. The lowest BCUT2D eigenvalue weighted by molar-refractivity contribution is -0.384. The monoisotopic (exact) mass is 285 g/mol. The lowest BCUT2D eigenvalue weighted by Gasteiger charge is -2.18. The number of aromatic nitrogens is 1. The minimum absolute atomic E-state index is 0.0763. The van der Waals surface area contributed by atoms with Gasteiger partial charge in [-0.05, 0) is 24.7 Å². The third-order valence-corrected chi connectivity index (χ3v) is 3.78. The maximum Gasteiger partial charge on any atom is 0.276 e. The van der Waals surface area contributed by atoms with Crippen LogP contribution in [0.2, 0.25) is 5.15 Å². The van der Waals surface area contributed by atoms with Crippen LogP contribution in [-0.4, -0.2) is 28.2 Å². The van der Waals surface area contributed by atoms with Crippen LogP contribution in [0, 0.1) is 22.0 Å². The highest BCUT2D eigenvalue weighted by molar-refractivity contribution is 6.29. The third-order valence-electron chi connectivity index (χ3n) is 3.59. The van der Waals surface area contributed by atoms with Crippen molar-refractivity contribution >= 4 is 23.1 Å². The van der Waals surface area contributed by atoms with Crippen LogP contribution in [0.4, 0.5) is 11.5 Å². The highest BCUT2D eigenvalue weighted by atomic mass is 35.5. The van der Waals surface area contributed by atoms with Gasteiger partial charge in [-0.15, -0.1) is 0 Å². The maximum absolute atomic E-state index is 10.7. The molecule has 6 nitrogen and oxygen atoms in total. The van der Waals surface area contributed by atoms with Gasteiger partial charge in [0.05, 0.1) is 17.1 Å². The number of nitrogens with one attached hydrogen (secondary N) is 1. The van der Waals surface area contributed by atoms with Crippen molar-refractivity contribution in [2.75, 3.05) is 18.5 Å². The summed E-state index contributed by atoms with van der Waals surface area (Å²) >= 11 is 5.75. The van der Waals surface area contributed by atoms with E-state index in [4.69, 9.17) is 11.6 Å². The van der Waals surface area contributed by atoms with E-state index in [0.29, 0.717) is 24.2 Å². The molecule has 1 heterocycles. The van der Waals surface area contributed by atoms with E-state index in [9.17, 15) is 15.2 Å². The van der Waals surface area contributed by atoms with E-state index < -0.39 is 4.92 Å². The Bertz CT molecular complexity index is 470. The van der Waals surface area contributed by atoms with Gasteiger partial charge in [0.2, 0.25) is 0 Å². The molecular formula is C12H16ClN3O3. The van der Waals surface area contributed by atoms with Gasteiger partial charge < -0.3 is 10.4 Å². The molecule has 0 radical (unpaired) electrons. The van der Waals surface area contributed by atoms with Gasteiger partial charge >= 0.3 is 0 Å². The number of hydrogen-bond donors (Lipinski definition) is 2. The molecule has 0 bridgehead atoms.